The molecular weight excluding hydrogens is 408 g/mol. The third kappa shape index (κ3) is 5.26. The molecule has 0 aliphatic carbocycles. The maximum absolute atomic E-state index is 12.5. The summed E-state index contributed by atoms with van der Waals surface area (Å²) in [5.41, 5.74) is 1.10. The van der Waals surface area contributed by atoms with Crippen molar-refractivity contribution in [1.82, 2.24) is 4.98 Å². The third-order valence-corrected chi connectivity index (χ3v) is 5.41. The number of aromatic carboxylic acids is 1. The fraction of sp³-hybridized carbons (Fsp3) is 0.263. The van der Waals surface area contributed by atoms with E-state index in [1.807, 2.05) is 6.07 Å². The summed E-state index contributed by atoms with van der Waals surface area (Å²) in [6.45, 7) is 2.86. The highest BCUT2D eigenvalue weighted by atomic mass is 32.2. The zero-order chi connectivity index (χ0) is 21.5. The van der Waals surface area contributed by atoms with Crippen molar-refractivity contribution in [2.24, 2.45) is 16.8 Å². The van der Waals surface area contributed by atoms with E-state index < -0.39 is 5.97 Å². The van der Waals surface area contributed by atoms with Gasteiger partial charge in [-0.1, -0.05) is 11.8 Å². The number of Topliss-reactive ketones (excluding diaryl/α,β-unsaturated/α-hetero) is 1. The van der Waals surface area contributed by atoms with E-state index in [1.54, 1.807) is 12.3 Å². The molecule has 1 aliphatic rings. The SMILES string of the molecule is N/N=C(/SCC(=O)c1ccc(N2CCOCC2)nc1)N(N)c1ccc(C(=O)O)cc1. The number of hydrogen-bond acceptors (Lipinski definition) is 9. The quantitative estimate of drug-likeness (QED) is 0.200. The van der Waals surface area contributed by atoms with E-state index >= 15 is 0 Å². The standard InChI is InChI=1S/C19H22N6O4S/c20-23-19(25(21)15-4-1-13(2-5-15)18(27)28)30-12-16(26)14-3-6-17(22-11-14)24-7-9-29-10-8-24/h1-6,11H,7-10,12,20-21H2,(H,27,28)/b23-19+. The van der Waals surface area contributed by atoms with Crippen molar-refractivity contribution < 1.29 is 19.4 Å². The minimum atomic E-state index is -1.04. The van der Waals surface area contributed by atoms with Crippen molar-refractivity contribution in [3.05, 3.63) is 53.7 Å². The second-order valence-corrected chi connectivity index (χ2v) is 7.29. The van der Waals surface area contributed by atoms with E-state index in [0.717, 1.165) is 30.7 Å². The number of anilines is 2. The molecule has 0 amide bonds. The van der Waals surface area contributed by atoms with Crippen molar-refractivity contribution in [2.75, 3.05) is 42.0 Å². The number of ketones is 1. The summed E-state index contributed by atoms with van der Waals surface area (Å²) < 4.78 is 5.33. The second-order valence-electron chi connectivity index (χ2n) is 6.35. The summed E-state index contributed by atoms with van der Waals surface area (Å²) in [5, 5.41) is 14.0. The molecule has 0 atom stereocenters. The Hall–Kier alpha value is -3.15. The molecule has 2 aromatic rings. The van der Waals surface area contributed by atoms with Gasteiger partial charge in [0.25, 0.3) is 0 Å². The number of carbonyl (C=O) groups excluding carboxylic acids is 1. The number of hydrogen-bond donors (Lipinski definition) is 3. The van der Waals surface area contributed by atoms with Gasteiger partial charge in [-0.3, -0.25) is 9.80 Å². The van der Waals surface area contributed by atoms with Crippen LogP contribution < -0.4 is 21.6 Å². The number of hydrazone groups is 1. The first-order valence-electron chi connectivity index (χ1n) is 9.10. The maximum atomic E-state index is 12.5. The average Bonchev–Trinajstić information content (AvgIpc) is 2.80. The number of nitrogens with zero attached hydrogens (tertiary/aromatic N) is 4. The van der Waals surface area contributed by atoms with Crippen molar-refractivity contribution in [1.29, 1.82) is 0 Å². The van der Waals surface area contributed by atoms with Gasteiger partial charge in [0, 0.05) is 24.8 Å². The van der Waals surface area contributed by atoms with E-state index in [4.69, 9.17) is 21.5 Å². The molecular formula is C19H22N6O4S. The lowest BCUT2D eigenvalue weighted by atomic mass is 10.2. The second kappa shape index (κ2) is 10.1. The Bertz CT molecular complexity index is 914. The molecule has 1 aliphatic heterocycles. The number of pyridine rings is 1. The maximum Gasteiger partial charge on any atom is 0.335 e. The molecule has 5 N–H and O–H groups in total. The molecule has 30 heavy (non-hydrogen) atoms. The molecule has 1 fully saturated rings. The summed E-state index contributed by atoms with van der Waals surface area (Å²) in [6.07, 6.45) is 1.55. The Morgan fingerprint density at radius 3 is 2.40 bits per heavy atom. The minimum Gasteiger partial charge on any atom is -0.478 e. The van der Waals surface area contributed by atoms with Gasteiger partial charge in [0.1, 0.15) is 5.82 Å². The van der Waals surface area contributed by atoms with Crippen LogP contribution in [0.25, 0.3) is 0 Å². The van der Waals surface area contributed by atoms with Gasteiger partial charge in [-0.2, -0.15) is 5.10 Å². The van der Waals surface area contributed by atoms with Gasteiger partial charge in [-0.05, 0) is 36.4 Å². The largest absolute Gasteiger partial charge is 0.478 e. The molecule has 158 valence electrons. The Morgan fingerprint density at radius 1 is 1.17 bits per heavy atom. The first-order chi connectivity index (χ1) is 14.5. The number of carboxylic acid groups (broad SMARTS) is 1. The van der Waals surface area contributed by atoms with Crippen molar-refractivity contribution in [3.63, 3.8) is 0 Å². The highest BCUT2D eigenvalue weighted by molar-refractivity contribution is 8.14. The number of ether oxygens (including phenoxy) is 1. The number of thioether (sulfide) groups is 1. The number of carboxylic acids is 1. The number of morpholine rings is 1. The van der Waals surface area contributed by atoms with Gasteiger partial charge in [-0.25, -0.2) is 15.6 Å². The number of hydrazine groups is 1. The van der Waals surface area contributed by atoms with Crippen molar-refractivity contribution in [2.45, 2.75) is 0 Å². The fourth-order valence-corrected chi connectivity index (χ4v) is 3.53. The van der Waals surface area contributed by atoms with Crippen molar-refractivity contribution in [3.8, 4) is 0 Å². The van der Waals surface area contributed by atoms with Crippen LogP contribution in [0, 0.1) is 0 Å². The Balaban J connectivity index is 1.58. The van der Waals surface area contributed by atoms with Gasteiger partial charge >= 0.3 is 5.97 Å². The molecule has 10 nitrogen and oxygen atoms in total. The van der Waals surface area contributed by atoms with Gasteiger partial charge in [0.2, 0.25) is 5.17 Å². The molecule has 0 bridgehead atoms. The van der Waals surface area contributed by atoms with E-state index in [9.17, 15) is 9.59 Å². The predicted octanol–water partition coefficient (Wildman–Crippen LogP) is 1.14. The molecule has 0 unspecified atom stereocenters. The van der Waals surface area contributed by atoms with Gasteiger partial charge in [0.05, 0.1) is 30.2 Å². The lowest BCUT2D eigenvalue weighted by molar-refractivity contribution is 0.0696. The number of benzene rings is 1. The Morgan fingerprint density at radius 2 is 1.83 bits per heavy atom. The first kappa shape index (κ1) is 21.6. The normalized spacial score (nSPS) is 14.4. The molecule has 11 heteroatoms. The van der Waals surface area contributed by atoms with Crippen LogP contribution in [0.4, 0.5) is 11.5 Å². The molecule has 0 saturated carbocycles. The summed E-state index contributed by atoms with van der Waals surface area (Å²) in [4.78, 5) is 30.0. The summed E-state index contributed by atoms with van der Waals surface area (Å²) in [5.74, 6) is 11.1. The van der Waals surface area contributed by atoms with Gasteiger partial charge in [-0.15, -0.1) is 0 Å². The summed E-state index contributed by atoms with van der Waals surface area (Å²) in [7, 11) is 0. The molecule has 0 radical (unpaired) electrons. The Kier molecular flexibility index (Phi) is 7.22. The van der Waals surface area contributed by atoms with E-state index in [1.165, 1.54) is 29.3 Å². The molecule has 1 aromatic carbocycles. The fourth-order valence-electron chi connectivity index (χ4n) is 2.79. The zero-order valence-electron chi connectivity index (χ0n) is 16.1. The minimum absolute atomic E-state index is 0.0650. The van der Waals surface area contributed by atoms with Crippen LogP contribution >= 0.6 is 11.8 Å². The zero-order valence-corrected chi connectivity index (χ0v) is 16.9. The number of amidine groups is 1. The van der Waals surface area contributed by atoms with E-state index in [-0.39, 0.29) is 22.3 Å². The van der Waals surface area contributed by atoms with Gasteiger partial charge < -0.3 is 20.6 Å². The third-order valence-electron chi connectivity index (χ3n) is 4.45. The van der Waals surface area contributed by atoms with Crippen LogP contribution in [-0.4, -0.2) is 59.1 Å². The average molecular weight is 430 g/mol. The summed E-state index contributed by atoms with van der Waals surface area (Å²) in [6, 6.07) is 9.47. The van der Waals surface area contributed by atoms with Gasteiger partial charge in [0.15, 0.2) is 5.78 Å². The predicted molar refractivity (Wildman–Crippen MR) is 116 cm³/mol. The topological polar surface area (TPSA) is 147 Å². The first-order valence-corrected chi connectivity index (χ1v) is 10.1. The van der Waals surface area contributed by atoms with Crippen LogP contribution in [-0.2, 0) is 4.74 Å². The molecule has 1 aromatic heterocycles. The highest BCUT2D eigenvalue weighted by Crippen LogP contribution is 2.19. The van der Waals surface area contributed by atoms with E-state index in [2.05, 4.69) is 15.0 Å². The van der Waals surface area contributed by atoms with Crippen molar-refractivity contribution >= 4 is 40.2 Å². The van der Waals surface area contributed by atoms with Crippen LogP contribution in [0.1, 0.15) is 20.7 Å². The number of rotatable bonds is 6. The van der Waals surface area contributed by atoms with Crippen LogP contribution in [0.5, 0.6) is 0 Å². The number of carbonyl (C=O) groups is 2. The van der Waals surface area contributed by atoms with Crippen LogP contribution in [0.15, 0.2) is 47.7 Å². The lowest BCUT2D eigenvalue weighted by Gasteiger charge is -2.27. The monoisotopic (exact) mass is 430 g/mol. The highest BCUT2D eigenvalue weighted by Gasteiger charge is 2.16. The smallest absolute Gasteiger partial charge is 0.335 e. The lowest BCUT2D eigenvalue weighted by Crippen LogP contribution is -2.37. The summed E-state index contributed by atoms with van der Waals surface area (Å²) >= 11 is 1.08. The van der Waals surface area contributed by atoms with Crippen LogP contribution in [0.3, 0.4) is 0 Å². The molecule has 1 saturated heterocycles. The molecule has 2 heterocycles. The molecule has 3 rings (SSSR count). The van der Waals surface area contributed by atoms with Crippen LogP contribution in [0.2, 0.25) is 0 Å². The Labute approximate surface area is 177 Å². The number of nitrogens with two attached hydrogens (primary N) is 2. The van der Waals surface area contributed by atoms with E-state index in [0.29, 0.717) is 24.5 Å². The number of aromatic nitrogens is 1. The molecule has 0 spiro atoms.